The Kier molecular flexibility index (Phi) is 8.68. The average molecular weight is 539 g/mol. The van der Waals surface area contributed by atoms with Gasteiger partial charge in [-0.2, -0.15) is 0 Å². The van der Waals surface area contributed by atoms with Crippen molar-refractivity contribution in [3.63, 3.8) is 0 Å². The maximum absolute atomic E-state index is 12.5. The molecule has 1 N–H and O–H groups in total. The van der Waals surface area contributed by atoms with Gasteiger partial charge < -0.3 is 28.8 Å². The lowest BCUT2D eigenvalue weighted by molar-refractivity contribution is -0.248. The number of ether oxygens (including phenoxy) is 5. The molecule has 2 heterocycles. The standard InChI is InChI=1S/C28H42O10/c1-13(2)21-22-23(28(9,38-18(7)32)26(36-17(6)31)24(21)35-16(5)30)20-12-14(3)19(34-15(4)29)10-11-27(8,33)25(22)37-20/h13,19-26,33H,3,10-12H2,1-2,4-9H3/t19-,20+,21+,22+,23+,24-,25+,26-,27+,28-/m0/s1. The van der Waals surface area contributed by atoms with E-state index in [2.05, 4.69) is 6.58 Å². The molecule has 2 bridgehead atoms. The summed E-state index contributed by atoms with van der Waals surface area (Å²) in [6.07, 6.45) is -3.21. The second kappa shape index (κ2) is 11.0. The molecule has 10 heteroatoms. The highest BCUT2D eigenvalue weighted by Gasteiger charge is 2.70. The maximum Gasteiger partial charge on any atom is 0.303 e. The third-order valence-corrected chi connectivity index (χ3v) is 8.32. The monoisotopic (exact) mass is 538 g/mol. The van der Waals surface area contributed by atoms with Gasteiger partial charge in [0, 0.05) is 45.4 Å². The second-order valence-corrected chi connectivity index (χ2v) is 11.8. The first-order valence-electron chi connectivity index (χ1n) is 13.3. The maximum atomic E-state index is 12.5. The van der Waals surface area contributed by atoms with E-state index in [0.29, 0.717) is 12.0 Å². The van der Waals surface area contributed by atoms with Crippen molar-refractivity contribution >= 4 is 23.9 Å². The van der Waals surface area contributed by atoms with Crippen molar-refractivity contribution in [3.8, 4) is 0 Å². The highest BCUT2D eigenvalue weighted by atomic mass is 16.6. The average Bonchev–Trinajstić information content (AvgIpc) is 3.13. The first-order chi connectivity index (χ1) is 17.5. The van der Waals surface area contributed by atoms with Crippen LogP contribution in [0.5, 0.6) is 0 Å². The summed E-state index contributed by atoms with van der Waals surface area (Å²) in [6.45, 7) is 16.6. The van der Waals surface area contributed by atoms with Crippen LogP contribution in [0, 0.1) is 23.7 Å². The summed E-state index contributed by atoms with van der Waals surface area (Å²) in [5.74, 6) is -3.76. The SMILES string of the molecule is C=C1C[C@H]2O[C@H]([C@@H]3[C@@H](C(C)C)[C@H](OC(C)=O)[C@H](OC(C)=O)[C@@](C)(OC(C)=O)[C@@H]32)[C@](C)(O)CC[C@@H]1OC(C)=O. The summed E-state index contributed by atoms with van der Waals surface area (Å²) in [5, 5.41) is 11.8. The highest BCUT2D eigenvalue weighted by molar-refractivity contribution is 5.69. The van der Waals surface area contributed by atoms with Crippen LogP contribution in [-0.2, 0) is 42.9 Å². The van der Waals surface area contributed by atoms with Crippen molar-refractivity contribution in [3.05, 3.63) is 12.2 Å². The number of esters is 4. The van der Waals surface area contributed by atoms with Crippen molar-refractivity contribution in [2.24, 2.45) is 23.7 Å². The van der Waals surface area contributed by atoms with Crippen LogP contribution in [0.4, 0.5) is 0 Å². The molecule has 38 heavy (non-hydrogen) atoms. The fourth-order valence-electron chi connectivity index (χ4n) is 7.12. The van der Waals surface area contributed by atoms with Gasteiger partial charge in [0.25, 0.3) is 0 Å². The Labute approximate surface area is 224 Å². The van der Waals surface area contributed by atoms with E-state index in [1.807, 2.05) is 13.8 Å². The zero-order chi connectivity index (χ0) is 28.7. The molecule has 10 atom stereocenters. The molecule has 0 amide bonds. The van der Waals surface area contributed by atoms with Crippen LogP contribution in [0.25, 0.3) is 0 Å². The number of carbonyl (C=O) groups excluding carboxylic acids is 4. The minimum Gasteiger partial charge on any atom is -0.458 e. The summed E-state index contributed by atoms with van der Waals surface area (Å²) in [5.41, 5.74) is -2.24. The molecule has 10 nitrogen and oxygen atoms in total. The van der Waals surface area contributed by atoms with Crippen LogP contribution in [0.2, 0.25) is 0 Å². The predicted octanol–water partition coefficient (Wildman–Crippen LogP) is 2.88. The fraction of sp³-hybridized carbons (Fsp3) is 0.786. The molecule has 3 aliphatic rings. The number of hydrogen-bond acceptors (Lipinski definition) is 10. The molecule has 1 saturated carbocycles. The summed E-state index contributed by atoms with van der Waals surface area (Å²) in [6, 6.07) is 0. The van der Waals surface area contributed by atoms with Gasteiger partial charge in [0.2, 0.25) is 0 Å². The second-order valence-electron chi connectivity index (χ2n) is 11.8. The Morgan fingerprint density at radius 1 is 0.974 bits per heavy atom. The van der Waals surface area contributed by atoms with Crippen molar-refractivity contribution in [2.75, 3.05) is 0 Å². The van der Waals surface area contributed by atoms with E-state index < -0.39 is 83.4 Å². The van der Waals surface area contributed by atoms with Gasteiger partial charge in [-0.1, -0.05) is 20.4 Å². The Balaban J connectivity index is 2.25. The van der Waals surface area contributed by atoms with E-state index >= 15 is 0 Å². The largest absolute Gasteiger partial charge is 0.458 e. The highest BCUT2D eigenvalue weighted by Crippen LogP contribution is 2.59. The fourth-order valence-corrected chi connectivity index (χ4v) is 7.12. The molecule has 0 aromatic carbocycles. The third kappa shape index (κ3) is 5.76. The number of hydrogen-bond donors (Lipinski definition) is 1. The zero-order valence-corrected chi connectivity index (χ0v) is 23.6. The molecule has 214 valence electrons. The Hall–Kier alpha value is -2.46. The van der Waals surface area contributed by atoms with Crippen LogP contribution in [0.15, 0.2) is 12.2 Å². The van der Waals surface area contributed by atoms with Crippen LogP contribution in [0.1, 0.15) is 74.7 Å². The van der Waals surface area contributed by atoms with Crippen LogP contribution in [0.3, 0.4) is 0 Å². The van der Waals surface area contributed by atoms with Crippen molar-refractivity contribution in [2.45, 2.75) is 116 Å². The smallest absolute Gasteiger partial charge is 0.303 e. The molecule has 2 aliphatic heterocycles. The van der Waals surface area contributed by atoms with E-state index in [9.17, 15) is 24.3 Å². The van der Waals surface area contributed by atoms with Gasteiger partial charge in [-0.05, 0) is 44.6 Å². The summed E-state index contributed by atoms with van der Waals surface area (Å²) in [4.78, 5) is 48.9. The zero-order valence-electron chi connectivity index (χ0n) is 23.6. The van der Waals surface area contributed by atoms with Crippen LogP contribution < -0.4 is 0 Å². The Morgan fingerprint density at radius 3 is 2.05 bits per heavy atom. The molecule has 0 spiro atoms. The third-order valence-electron chi connectivity index (χ3n) is 8.32. The lowest BCUT2D eigenvalue weighted by Crippen LogP contribution is -2.69. The van der Waals surface area contributed by atoms with E-state index in [1.165, 1.54) is 27.7 Å². The minimum atomic E-state index is -1.47. The molecular formula is C28H42O10. The molecule has 1 aliphatic carbocycles. The van der Waals surface area contributed by atoms with Gasteiger partial charge >= 0.3 is 23.9 Å². The van der Waals surface area contributed by atoms with Crippen molar-refractivity contribution in [1.82, 2.24) is 0 Å². The number of fused-ring (bicyclic) bond motifs is 5. The molecule has 0 unspecified atom stereocenters. The van der Waals surface area contributed by atoms with E-state index in [1.54, 1.807) is 13.8 Å². The predicted molar refractivity (Wildman–Crippen MR) is 134 cm³/mol. The van der Waals surface area contributed by atoms with E-state index in [-0.39, 0.29) is 18.8 Å². The first kappa shape index (κ1) is 30.1. The molecule has 3 fully saturated rings. The van der Waals surface area contributed by atoms with E-state index in [0.717, 1.165) is 0 Å². The van der Waals surface area contributed by atoms with E-state index in [4.69, 9.17) is 23.7 Å². The first-order valence-corrected chi connectivity index (χ1v) is 13.3. The molecule has 0 radical (unpaired) electrons. The topological polar surface area (TPSA) is 135 Å². The van der Waals surface area contributed by atoms with Gasteiger partial charge in [0.05, 0.1) is 17.8 Å². The van der Waals surface area contributed by atoms with Crippen molar-refractivity contribution in [1.29, 1.82) is 0 Å². The normalized spacial score (nSPS) is 40.7. The minimum absolute atomic E-state index is 0.0904. The lowest BCUT2D eigenvalue weighted by atomic mass is 9.55. The molecular weight excluding hydrogens is 496 g/mol. The van der Waals surface area contributed by atoms with Gasteiger partial charge in [-0.25, -0.2) is 0 Å². The summed E-state index contributed by atoms with van der Waals surface area (Å²) in [7, 11) is 0. The van der Waals surface area contributed by atoms with Gasteiger partial charge in [0.15, 0.2) is 11.7 Å². The molecule has 3 rings (SSSR count). The Bertz CT molecular complexity index is 971. The van der Waals surface area contributed by atoms with Gasteiger partial charge in [-0.3, -0.25) is 19.2 Å². The lowest BCUT2D eigenvalue weighted by Gasteiger charge is -2.55. The summed E-state index contributed by atoms with van der Waals surface area (Å²) >= 11 is 0. The number of aliphatic hydroxyl groups is 1. The van der Waals surface area contributed by atoms with Crippen molar-refractivity contribution < 1.29 is 48.0 Å². The number of rotatable bonds is 5. The van der Waals surface area contributed by atoms with Gasteiger partial charge in [-0.15, -0.1) is 0 Å². The molecule has 0 aromatic rings. The summed E-state index contributed by atoms with van der Waals surface area (Å²) < 4.78 is 29.7. The molecule has 2 saturated heterocycles. The van der Waals surface area contributed by atoms with Crippen LogP contribution in [-0.4, -0.2) is 70.7 Å². The Morgan fingerprint density at radius 2 is 1.55 bits per heavy atom. The van der Waals surface area contributed by atoms with Crippen LogP contribution >= 0.6 is 0 Å². The molecule has 0 aromatic heterocycles. The quantitative estimate of drug-likeness (QED) is 0.316. The van der Waals surface area contributed by atoms with Gasteiger partial charge in [0.1, 0.15) is 12.2 Å². The number of carbonyl (C=O) groups is 4.